The predicted molar refractivity (Wildman–Crippen MR) is 98.3 cm³/mol. The van der Waals surface area contributed by atoms with Gasteiger partial charge in [-0.3, -0.25) is 0 Å². The zero-order chi connectivity index (χ0) is 16.7. The molecule has 4 heteroatoms. The molecule has 0 aromatic heterocycles. The Morgan fingerprint density at radius 2 is 2.00 bits per heavy atom. The van der Waals surface area contributed by atoms with Gasteiger partial charge in [0.2, 0.25) is 0 Å². The van der Waals surface area contributed by atoms with Gasteiger partial charge in [0.1, 0.15) is 0 Å². The second-order valence-electron chi connectivity index (χ2n) is 6.32. The molecular weight excluding hydrogens is 366 g/mol. The summed E-state index contributed by atoms with van der Waals surface area (Å²) >= 11 is 3.50. The second kappa shape index (κ2) is 6.10. The third-order valence-corrected chi connectivity index (χ3v) is 5.54. The van der Waals surface area contributed by atoms with Crippen LogP contribution in [0.3, 0.4) is 0 Å². The molecule has 2 aliphatic rings. The van der Waals surface area contributed by atoms with Gasteiger partial charge in [0.05, 0.1) is 18.7 Å². The lowest BCUT2D eigenvalue weighted by Gasteiger charge is -2.37. The average Bonchev–Trinajstić information content (AvgIpc) is 3.11. The normalized spacial score (nSPS) is 24.0. The molecule has 1 aliphatic heterocycles. The Kier molecular flexibility index (Phi) is 3.93. The van der Waals surface area contributed by atoms with Crippen molar-refractivity contribution in [2.75, 3.05) is 12.4 Å². The Morgan fingerprint density at radius 1 is 1.21 bits per heavy atom. The number of carbonyl (C=O) groups excluding carboxylic acids is 1. The smallest absolute Gasteiger partial charge is 0.337 e. The molecule has 1 aliphatic carbocycles. The van der Waals surface area contributed by atoms with Crippen molar-refractivity contribution in [3.05, 3.63) is 75.8 Å². The number of carbonyl (C=O) groups is 1. The number of allylic oxidation sites excluding steroid dienone is 2. The lowest BCUT2D eigenvalue weighted by molar-refractivity contribution is 0.0600. The summed E-state index contributed by atoms with van der Waals surface area (Å²) in [5.74, 6) is 0.512. The lowest BCUT2D eigenvalue weighted by Crippen LogP contribution is -2.29. The lowest BCUT2D eigenvalue weighted by atomic mass is 9.76. The first-order valence-electron chi connectivity index (χ1n) is 8.08. The Balaban J connectivity index is 1.74. The third kappa shape index (κ3) is 2.55. The highest BCUT2D eigenvalue weighted by Crippen LogP contribution is 2.50. The fourth-order valence-electron chi connectivity index (χ4n) is 3.84. The maximum atomic E-state index is 11.8. The summed E-state index contributed by atoms with van der Waals surface area (Å²) in [6.45, 7) is 0. The number of ether oxygens (including phenoxy) is 1. The molecule has 24 heavy (non-hydrogen) atoms. The Morgan fingerprint density at radius 3 is 2.75 bits per heavy atom. The fourth-order valence-corrected chi connectivity index (χ4v) is 4.10. The first-order valence-corrected chi connectivity index (χ1v) is 8.87. The number of hydrogen-bond acceptors (Lipinski definition) is 3. The van der Waals surface area contributed by atoms with Crippen LogP contribution < -0.4 is 5.32 Å². The van der Waals surface area contributed by atoms with Crippen molar-refractivity contribution in [3.63, 3.8) is 0 Å². The molecule has 2 aromatic carbocycles. The van der Waals surface area contributed by atoms with Crippen molar-refractivity contribution < 1.29 is 9.53 Å². The molecule has 0 fully saturated rings. The number of benzene rings is 2. The van der Waals surface area contributed by atoms with Gasteiger partial charge in [0, 0.05) is 16.1 Å². The van der Waals surface area contributed by atoms with Gasteiger partial charge in [-0.1, -0.05) is 40.2 Å². The van der Waals surface area contributed by atoms with Gasteiger partial charge in [-0.05, 0) is 53.8 Å². The van der Waals surface area contributed by atoms with Gasteiger partial charge in [0.15, 0.2) is 0 Å². The van der Waals surface area contributed by atoms with Crippen LogP contribution >= 0.6 is 15.9 Å². The summed E-state index contributed by atoms with van der Waals surface area (Å²) in [6.07, 6.45) is 5.57. The minimum Gasteiger partial charge on any atom is -0.465 e. The summed E-state index contributed by atoms with van der Waals surface area (Å²) in [5.41, 5.74) is 4.19. The van der Waals surface area contributed by atoms with E-state index in [4.69, 9.17) is 4.74 Å². The molecule has 3 nitrogen and oxygen atoms in total. The van der Waals surface area contributed by atoms with E-state index in [0.717, 1.165) is 16.6 Å². The zero-order valence-corrected chi connectivity index (χ0v) is 14.9. The first kappa shape index (κ1) is 15.5. The summed E-state index contributed by atoms with van der Waals surface area (Å²) < 4.78 is 5.95. The molecular formula is C20H18BrNO2. The second-order valence-corrected chi connectivity index (χ2v) is 7.24. The minimum absolute atomic E-state index is 0.273. The van der Waals surface area contributed by atoms with Crippen LogP contribution in [0, 0.1) is 5.92 Å². The topological polar surface area (TPSA) is 38.3 Å². The predicted octanol–water partition coefficient (Wildman–Crippen LogP) is 5.06. The Labute approximate surface area is 149 Å². The number of anilines is 1. The molecule has 4 rings (SSSR count). The number of rotatable bonds is 2. The quantitative estimate of drug-likeness (QED) is 0.581. The van der Waals surface area contributed by atoms with Gasteiger partial charge >= 0.3 is 5.97 Å². The maximum Gasteiger partial charge on any atom is 0.337 e. The standard InChI is InChI=1S/C20H18BrNO2/c1-24-20(23)13-7-10-18-17(11-13)15-3-2-4-16(15)19(22-18)12-5-8-14(21)9-6-12/h2-3,5-11,15-16,19,22H,4H2,1H3/t15-,16-,19-/m0/s1. The van der Waals surface area contributed by atoms with Crippen molar-refractivity contribution in [1.82, 2.24) is 0 Å². The third-order valence-electron chi connectivity index (χ3n) is 5.01. The van der Waals surface area contributed by atoms with Crippen LogP contribution in [0.15, 0.2) is 59.1 Å². The van der Waals surface area contributed by atoms with E-state index in [9.17, 15) is 4.79 Å². The number of fused-ring (bicyclic) bond motifs is 3. The zero-order valence-electron chi connectivity index (χ0n) is 13.3. The summed E-state index contributed by atoms with van der Waals surface area (Å²) in [6, 6.07) is 14.6. The van der Waals surface area contributed by atoms with Crippen LogP contribution in [-0.2, 0) is 4.74 Å². The highest BCUT2D eigenvalue weighted by molar-refractivity contribution is 9.10. The largest absolute Gasteiger partial charge is 0.465 e. The fraction of sp³-hybridized carbons (Fsp3) is 0.250. The van der Waals surface area contributed by atoms with E-state index in [0.29, 0.717) is 17.4 Å². The highest BCUT2D eigenvalue weighted by atomic mass is 79.9. The van der Waals surface area contributed by atoms with Crippen LogP contribution in [0.25, 0.3) is 0 Å². The van der Waals surface area contributed by atoms with Crippen molar-refractivity contribution >= 4 is 27.6 Å². The van der Waals surface area contributed by atoms with E-state index in [-0.39, 0.29) is 12.0 Å². The van der Waals surface area contributed by atoms with Gasteiger partial charge < -0.3 is 10.1 Å². The molecule has 0 amide bonds. The highest BCUT2D eigenvalue weighted by Gasteiger charge is 2.38. The summed E-state index contributed by atoms with van der Waals surface area (Å²) in [4.78, 5) is 11.8. The van der Waals surface area contributed by atoms with Crippen LogP contribution in [0.4, 0.5) is 5.69 Å². The average molecular weight is 384 g/mol. The number of halogens is 1. The SMILES string of the molecule is COC(=O)c1ccc2c(c1)[C@H]1C=CC[C@@H]1[C@H](c1ccc(Br)cc1)N2. The van der Waals surface area contributed by atoms with Gasteiger partial charge in [-0.2, -0.15) is 0 Å². The molecule has 0 spiro atoms. The van der Waals surface area contributed by atoms with E-state index in [1.165, 1.54) is 18.2 Å². The number of esters is 1. The molecule has 0 unspecified atom stereocenters. The van der Waals surface area contributed by atoms with Gasteiger partial charge in [0.25, 0.3) is 0 Å². The molecule has 0 bridgehead atoms. The first-order chi connectivity index (χ1) is 11.7. The van der Waals surface area contributed by atoms with Crippen LogP contribution in [-0.4, -0.2) is 13.1 Å². The summed E-state index contributed by atoms with van der Waals surface area (Å²) in [7, 11) is 1.42. The van der Waals surface area contributed by atoms with Crippen molar-refractivity contribution in [2.45, 2.75) is 18.4 Å². The van der Waals surface area contributed by atoms with Crippen LogP contribution in [0.1, 0.15) is 39.9 Å². The molecule has 0 radical (unpaired) electrons. The van der Waals surface area contributed by atoms with Gasteiger partial charge in [-0.15, -0.1) is 0 Å². The van der Waals surface area contributed by atoms with Crippen molar-refractivity contribution in [2.24, 2.45) is 5.92 Å². The number of methoxy groups -OCH3 is 1. The van der Waals surface area contributed by atoms with Crippen molar-refractivity contribution in [1.29, 1.82) is 0 Å². The molecule has 0 saturated carbocycles. The van der Waals surface area contributed by atoms with E-state index in [1.54, 1.807) is 0 Å². The maximum absolute atomic E-state index is 11.8. The molecule has 122 valence electrons. The monoisotopic (exact) mass is 383 g/mol. The van der Waals surface area contributed by atoms with E-state index < -0.39 is 0 Å². The summed E-state index contributed by atoms with van der Waals surface area (Å²) in [5, 5.41) is 3.68. The minimum atomic E-state index is -0.286. The van der Waals surface area contributed by atoms with E-state index >= 15 is 0 Å². The molecule has 0 saturated heterocycles. The number of nitrogens with one attached hydrogen (secondary N) is 1. The Hall–Kier alpha value is -2.07. The van der Waals surface area contributed by atoms with Crippen LogP contribution in [0.2, 0.25) is 0 Å². The van der Waals surface area contributed by atoms with E-state index in [1.807, 2.05) is 18.2 Å². The molecule has 1 heterocycles. The van der Waals surface area contributed by atoms with Crippen molar-refractivity contribution in [3.8, 4) is 0 Å². The molecule has 2 aromatic rings. The van der Waals surface area contributed by atoms with Gasteiger partial charge in [-0.25, -0.2) is 4.79 Å². The van der Waals surface area contributed by atoms with Crippen LogP contribution in [0.5, 0.6) is 0 Å². The molecule has 1 N–H and O–H groups in total. The molecule has 3 atom stereocenters. The Bertz CT molecular complexity index is 813. The number of hydrogen-bond donors (Lipinski definition) is 1. The van der Waals surface area contributed by atoms with E-state index in [2.05, 4.69) is 57.7 Å².